The summed E-state index contributed by atoms with van der Waals surface area (Å²) in [5, 5.41) is 14.5. The Balaban J connectivity index is 1.35. The van der Waals surface area contributed by atoms with Gasteiger partial charge in [0.2, 0.25) is 5.91 Å². The highest BCUT2D eigenvalue weighted by molar-refractivity contribution is 7.99. The fourth-order valence-electron chi connectivity index (χ4n) is 3.55. The number of hydrogen-bond acceptors (Lipinski definition) is 7. The van der Waals surface area contributed by atoms with Gasteiger partial charge in [-0.2, -0.15) is 5.01 Å². The molecule has 1 aliphatic rings. The molecule has 4 amide bonds. The van der Waals surface area contributed by atoms with Gasteiger partial charge in [0.25, 0.3) is 5.91 Å². The smallest absolute Gasteiger partial charge is 0.322 e. The zero-order valence-corrected chi connectivity index (χ0v) is 19.9. The summed E-state index contributed by atoms with van der Waals surface area (Å²) in [5.74, 6) is -0.211. The molecule has 1 atom stereocenters. The number of aryl methyl sites for hydroxylation is 1. The van der Waals surface area contributed by atoms with Crippen molar-refractivity contribution in [3.8, 4) is 10.7 Å². The lowest BCUT2D eigenvalue weighted by Crippen LogP contribution is -2.49. The van der Waals surface area contributed by atoms with E-state index < -0.39 is 23.4 Å². The average Bonchev–Trinajstić information content (AvgIpc) is 3.53. The van der Waals surface area contributed by atoms with E-state index in [-0.39, 0.29) is 5.75 Å². The molecule has 0 bridgehead atoms. The Hall–Kier alpha value is -3.18. The molecule has 1 unspecified atom stereocenters. The standard InChI is InChI=1S/C22H24N6O3S2/c1-3-27-18(16-10-7-13-32-16)24-25-21(27)33-14-17(29)26-28-19(30)22(2,23-20(28)31)12-11-15-8-5-4-6-9-15/h4-10,13H,3,11-12,14H2,1-2H3,(H,23,31)(H,26,29). The average molecular weight is 485 g/mol. The molecule has 1 aromatic carbocycles. The van der Waals surface area contributed by atoms with Crippen LogP contribution in [0.25, 0.3) is 10.7 Å². The molecule has 0 spiro atoms. The number of aromatic nitrogens is 3. The Morgan fingerprint density at radius 1 is 1.18 bits per heavy atom. The number of rotatable bonds is 9. The number of imide groups is 1. The third kappa shape index (κ3) is 4.93. The fraction of sp³-hybridized carbons (Fsp3) is 0.318. The molecular formula is C22H24N6O3S2. The van der Waals surface area contributed by atoms with E-state index in [1.165, 1.54) is 11.8 Å². The van der Waals surface area contributed by atoms with Gasteiger partial charge < -0.3 is 9.88 Å². The van der Waals surface area contributed by atoms with Gasteiger partial charge in [0.15, 0.2) is 11.0 Å². The summed E-state index contributed by atoms with van der Waals surface area (Å²) >= 11 is 2.77. The second kappa shape index (κ2) is 9.75. The van der Waals surface area contributed by atoms with Crippen molar-refractivity contribution < 1.29 is 14.4 Å². The number of thiophene rings is 1. The summed E-state index contributed by atoms with van der Waals surface area (Å²) in [6, 6.07) is 13.0. The maximum Gasteiger partial charge on any atom is 0.344 e. The van der Waals surface area contributed by atoms with Gasteiger partial charge in [-0.15, -0.1) is 21.5 Å². The number of carbonyl (C=O) groups is 3. The molecule has 2 aromatic heterocycles. The maximum absolute atomic E-state index is 12.9. The molecule has 11 heteroatoms. The Kier molecular flexibility index (Phi) is 6.80. The lowest BCUT2D eigenvalue weighted by atomic mass is 9.93. The van der Waals surface area contributed by atoms with E-state index in [1.54, 1.807) is 18.3 Å². The van der Waals surface area contributed by atoms with Crippen LogP contribution in [-0.4, -0.2) is 48.9 Å². The predicted octanol–water partition coefficient (Wildman–Crippen LogP) is 3.09. The van der Waals surface area contributed by atoms with Gasteiger partial charge in [-0.05, 0) is 43.7 Å². The monoisotopic (exact) mass is 484 g/mol. The lowest BCUT2D eigenvalue weighted by molar-refractivity contribution is -0.138. The largest absolute Gasteiger partial charge is 0.344 e. The zero-order chi connectivity index (χ0) is 23.4. The first kappa shape index (κ1) is 23.0. The number of benzene rings is 1. The Morgan fingerprint density at radius 3 is 2.67 bits per heavy atom. The first-order valence-electron chi connectivity index (χ1n) is 10.5. The second-order valence-corrected chi connectivity index (χ2v) is 9.63. The van der Waals surface area contributed by atoms with Gasteiger partial charge in [-0.1, -0.05) is 48.2 Å². The van der Waals surface area contributed by atoms with Crippen LogP contribution in [0.5, 0.6) is 0 Å². The summed E-state index contributed by atoms with van der Waals surface area (Å²) in [6.07, 6.45) is 1.05. The number of hydrazine groups is 1. The minimum atomic E-state index is -1.08. The van der Waals surface area contributed by atoms with Crippen molar-refractivity contribution >= 4 is 40.9 Å². The normalized spacial score (nSPS) is 17.9. The van der Waals surface area contributed by atoms with Crippen LogP contribution in [0.15, 0.2) is 53.0 Å². The van der Waals surface area contributed by atoms with Crippen LogP contribution in [0.4, 0.5) is 4.79 Å². The summed E-state index contributed by atoms with van der Waals surface area (Å²) in [4.78, 5) is 38.8. The van der Waals surface area contributed by atoms with E-state index in [9.17, 15) is 14.4 Å². The minimum absolute atomic E-state index is 0.0135. The van der Waals surface area contributed by atoms with Gasteiger partial charge in [-0.25, -0.2) is 4.79 Å². The van der Waals surface area contributed by atoms with Crippen LogP contribution in [0.3, 0.4) is 0 Å². The molecule has 3 aromatic rings. The third-order valence-corrected chi connectivity index (χ3v) is 7.19. The molecule has 0 radical (unpaired) electrons. The molecule has 1 saturated heterocycles. The van der Waals surface area contributed by atoms with E-state index in [1.807, 2.05) is 59.3 Å². The highest BCUT2D eigenvalue weighted by Gasteiger charge is 2.48. The second-order valence-electron chi connectivity index (χ2n) is 7.74. The summed E-state index contributed by atoms with van der Waals surface area (Å²) in [7, 11) is 0. The van der Waals surface area contributed by atoms with Gasteiger partial charge in [0.05, 0.1) is 10.6 Å². The van der Waals surface area contributed by atoms with E-state index in [4.69, 9.17) is 0 Å². The number of nitrogens with zero attached hydrogens (tertiary/aromatic N) is 4. The van der Waals surface area contributed by atoms with Gasteiger partial charge in [0.1, 0.15) is 5.54 Å². The van der Waals surface area contributed by atoms with Crippen LogP contribution in [0.1, 0.15) is 25.8 Å². The zero-order valence-electron chi connectivity index (χ0n) is 18.3. The van der Waals surface area contributed by atoms with Crippen molar-refractivity contribution in [1.29, 1.82) is 0 Å². The topological polar surface area (TPSA) is 109 Å². The van der Waals surface area contributed by atoms with E-state index in [2.05, 4.69) is 20.9 Å². The van der Waals surface area contributed by atoms with Gasteiger partial charge in [0, 0.05) is 6.54 Å². The Bertz CT molecular complexity index is 1150. The summed E-state index contributed by atoms with van der Waals surface area (Å²) in [6.45, 7) is 4.30. The molecule has 4 rings (SSSR count). The minimum Gasteiger partial charge on any atom is -0.322 e. The summed E-state index contributed by atoms with van der Waals surface area (Å²) in [5.41, 5.74) is 2.42. The van der Waals surface area contributed by atoms with Crippen molar-refractivity contribution in [3.63, 3.8) is 0 Å². The maximum atomic E-state index is 12.9. The van der Waals surface area contributed by atoms with E-state index >= 15 is 0 Å². The Labute approximate surface area is 199 Å². The summed E-state index contributed by atoms with van der Waals surface area (Å²) < 4.78 is 1.93. The van der Waals surface area contributed by atoms with Crippen LogP contribution < -0.4 is 10.7 Å². The molecule has 172 valence electrons. The number of hydrogen-bond donors (Lipinski definition) is 2. The molecule has 33 heavy (non-hydrogen) atoms. The van der Waals surface area contributed by atoms with Crippen LogP contribution in [-0.2, 0) is 22.6 Å². The van der Waals surface area contributed by atoms with Crippen molar-refractivity contribution in [3.05, 3.63) is 53.4 Å². The predicted molar refractivity (Wildman–Crippen MR) is 126 cm³/mol. The van der Waals surface area contributed by atoms with Crippen molar-refractivity contribution in [2.75, 3.05) is 5.75 Å². The van der Waals surface area contributed by atoms with E-state index in [0.29, 0.717) is 24.5 Å². The van der Waals surface area contributed by atoms with Gasteiger partial charge >= 0.3 is 6.03 Å². The highest BCUT2D eigenvalue weighted by Crippen LogP contribution is 2.27. The number of carbonyl (C=O) groups excluding carboxylic acids is 3. The van der Waals surface area contributed by atoms with Crippen LogP contribution >= 0.6 is 23.1 Å². The quantitative estimate of drug-likeness (QED) is 0.357. The molecule has 3 heterocycles. The highest BCUT2D eigenvalue weighted by atomic mass is 32.2. The number of nitrogens with one attached hydrogen (secondary N) is 2. The van der Waals surface area contributed by atoms with Gasteiger partial charge in [-0.3, -0.25) is 15.0 Å². The molecule has 0 aliphatic carbocycles. The molecule has 2 N–H and O–H groups in total. The molecule has 1 aliphatic heterocycles. The van der Waals surface area contributed by atoms with E-state index in [0.717, 1.165) is 21.3 Å². The van der Waals surface area contributed by atoms with Crippen LogP contribution in [0, 0.1) is 0 Å². The molecule has 1 fully saturated rings. The Morgan fingerprint density at radius 2 is 1.97 bits per heavy atom. The molecular weight excluding hydrogens is 460 g/mol. The SMILES string of the molecule is CCn1c(SCC(=O)NN2C(=O)NC(C)(CCc3ccccc3)C2=O)nnc1-c1cccs1. The van der Waals surface area contributed by atoms with Crippen molar-refractivity contribution in [2.24, 2.45) is 0 Å². The first-order chi connectivity index (χ1) is 15.9. The van der Waals surface area contributed by atoms with Crippen molar-refractivity contribution in [2.45, 2.75) is 43.9 Å². The lowest BCUT2D eigenvalue weighted by Gasteiger charge is -2.21. The number of amides is 4. The third-order valence-electron chi connectivity index (χ3n) is 5.36. The number of thioether (sulfide) groups is 1. The van der Waals surface area contributed by atoms with Crippen molar-refractivity contribution in [1.82, 2.24) is 30.5 Å². The molecule has 0 saturated carbocycles. The van der Waals surface area contributed by atoms with Crippen LogP contribution in [0.2, 0.25) is 0 Å². The first-order valence-corrected chi connectivity index (χ1v) is 12.4. The molecule has 9 nitrogen and oxygen atoms in total. The number of urea groups is 1. The fourth-order valence-corrected chi connectivity index (χ4v) is 5.06.